The third-order valence-electron chi connectivity index (χ3n) is 9.18. The minimum atomic E-state index is 0.910. The van der Waals surface area contributed by atoms with Crippen molar-refractivity contribution in [3.8, 4) is 33.4 Å². The summed E-state index contributed by atoms with van der Waals surface area (Å²) in [7, 11) is 0. The Bertz CT molecular complexity index is 2320. The summed E-state index contributed by atoms with van der Waals surface area (Å²) < 4.78 is 6.36. The van der Waals surface area contributed by atoms with Gasteiger partial charge in [0, 0.05) is 33.2 Å². The molecule has 1 aromatic heterocycles. The molecule has 8 aromatic rings. The molecule has 46 heavy (non-hydrogen) atoms. The van der Waals surface area contributed by atoms with Crippen molar-refractivity contribution in [3.05, 3.63) is 181 Å². The molecule has 2 nitrogen and oxygen atoms in total. The molecular weight excluding hydrogens is 558 g/mol. The van der Waals surface area contributed by atoms with E-state index in [-0.39, 0.29) is 0 Å². The van der Waals surface area contributed by atoms with Gasteiger partial charge in [-0.2, -0.15) is 0 Å². The molecule has 7 aromatic carbocycles. The van der Waals surface area contributed by atoms with Crippen molar-refractivity contribution >= 4 is 44.6 Å². The van der Waals surface area contributed by atoms with Crippen molar-refractivity contribution in [2.75, 3.05) is 4.90 Å². The van der Waals surface area contributed by atoms with E-state index >= 15 is 0 Å². The van der Waals surface area contributed by atoms with Crippen molar-refractivity contribution in [1.29, 1.82) is 0 Å². The van der Waals surface area contributed by atoms with Crippen LogP contribution in [0.15, 0.2) is 175 Å². The second-order valence-electron chi connectivity index (χ2n) is 11.8. The van der Waals surface area contributed by atoms with E-state index in [1.54, 1.807) is 0 Å². The highest BCUT2D eigenvalue weighted by Crippen LogP contribution is 2.50. The Morgan fingerprint density at radius 2 is 0.957 bits per heavy atom. The molecule has 0 radical (unpaired) electrons. The first-order valence-electron chi connectivity index (χ1n) is 15.6. The highest BCUT2D eigenvalue weighted by atomic mass is 16.3. The fourth-order valence-electron chi connectivity index (χ4n) is 6.88. The molecule has 0 fully saturated rings. The van der Waals surface area contributed by atoms with Crippen LogP contribution in [0.4, 0.5) is 17.1 Å². The van der Waals surface area contributed by atoms with Crippen LogP contribution in [0.2, 0.25) is 0 Å². The van der Waals surface area contributed by atoms with Crippen LogP contribution in [0, 0.1) is 0 Å². The maximum absolute atomic E-state index is 6.36. The van der Waals surface area contributed by atoms with Gasteiger partial charge in [-0.25, -0.2) is 0 Å². The number of anilines is 3. The summed E-state index contributed by atoms with van der Waals surface area (Å²) in [6, 6.07) is 58.1. The predicted molar refractivity (Wildman–Crippen MR) is 193 cm³/mol. The zero-order valence-electron chi connectivity index (χ0n) is 25.2. The van der Waals surface area contributed by atoms with E-state index in [0.717, 1.165) is 66.8 Å². The predicted octanol–water partition coefficient (Wildman–Crippen LogP) is 12.4. The van der Waals surface area contributed by atoms with Crippen LogP contribution in [-0.4, -0.2) is 0 Å². The van der Waals surface area contributed by atoms with Crippen molar-refractivity contribution in [1.82, 2.24) is 0 Å². The Balaban J connectivity index is 1.19. The van der Waals surface area contributed by atoms with Crippen molar-refractivity contribution in [2.24, 2.45) is 0 Å². The third kappa shape index (κ3) is 4.19. The van der Waals surface area contributed by atoms with E-state index in [1.165, 1.54) is 22.3 Å². The Morgan fingerprint density at radius 3 is 1.59 bits per heavy atom. The molecule has 0 aliphatic carbocycles. The normalized spacial score (nSPS) is 12.3. The van der Waals surface area contributed by atoms with E-state index in [4.69, 9.17) is 4.42 Å². The van der Waals surface area contributed by atoms with Gasteiger partial charge in [-0.3, -0.25) is 0 Å². The van der Waals surface area contributed by atoms with Crippen LogP contribution in [-0.2, 0) is 0 Å². The summed E-state index contributed by atoms with van der Waals surface area (Å²) in [5.41, 5.74) is 15.4. The molecule has 0 N–H and O–H groups in total. The highest BCUT2D eigenvalue weighted by Gasteiger charge is 2.28. The molecule has 216 valence electrons. The Kier molecular flexibility index (Phi) is 6.00. The maximum atomic E-state index is 6.36. The fraction of sp³-hybridized carbons (Fsp3) is 0. The first-order valence-corrected chi connectivity index (χ1v) is 15.6. The SMILES string of the molecule is C=C1c2cc(-c3ccccc3)ccc2N(c2ccc(-c3cccc4c3oc3ccccc34)cc2)c2ccc(-c3ccccc3)cc21. The molecule has 9 rings (SSSR count). The van der Waals surface area contributed by atoms with Gasteiger partial charge in [-0.15, -0.1) is 0 Å². The number of benzene rings is 7. The minimum absolute atomic E-state index is 0.910. The maximum Gasteiger partial charge on any atom is 0.143 e. The van der Waals surface area contributed by atoms with Gasteiger partial charge in [0.15, 0.2) is 0 Å². The zero-order valence-corrected chi connectivity index (χ0v) is 25.2. The second kappa shape index (κ2) is 10.5. The number of nitrogens with zero attached hydrogens (tertiary/aromatic N) is 1. The van der Waals surface area contributed by atoms with Crippen LogP contribution >= 0.6 is 0 Å². The third-order valence-corrected chi connectivity index (χ3v) is 9.18. The molecule has 0 amide bonds. The van der Waals surface area contributed by atoms with Gasteiger partial charge in [0.25, 0.3) is 0 Å². The molecule has 0 saturated heterocycles. The zero-order chi connectivity index (χ0) is 30.6. The number of rotatable bonds is 4. The monoisotopic (exact) mass is 587 g/mol. The summed E-state index contributed by atoms with van der Waals surface area (Å²) in [5, 5.41) is 2.28. The molecule has 0 atom stereocenters. The Labute approximate surface area is 268 Å². The summed E-state index contributed by atoms with van der Waals surface area (Å²) in [5.74, 6) is 0. The van der Waals surface area contributed by atoms with Gasteiger partial charge in [-0.1, -0.05) is 128 Å². The standard InChI is InChI=1S/C44H29NO/c1-29-39-27-33(30-11-4-2-5-12-30)21-25-41(39)45(42-26-22-34(28-40(29)42)31-13-6-3-7-14-31)35-23-19-32(20-24-35)36-16-10-17-38-37-15-8-9-18-43(37)46-44(36)38/h2-28H,1H2. The van der Waals surface area contributed by atoms with Crippen molar-refractivity contribution < 1.29 is 4.42 Å². The smallest absolute Gasteiger partial charge is 0.143 e. The molecule has 1 aliphatic heterocycles. The van der Waals surface area contributed by atoms with Crippen LogP contribution in [0.25, 0.3) is 60.9 Å². The lowest BCUT2D eigenvalue weighted by atomic mass is 9.87. The molecule has 1 aliphatic rings. The average Bonchev–Trinajstić information content (AvgIpc) is 3.52. The first kappa shape index (κ1) is 26.3. The van der Waals surface area contributed by atoms with Crippen molar-refractivity contribution in [3.63, 3.8) is 0 Å². The van der Waals surface area contributed by atoms with E-state index in [9.17, 15) is 0 Å². The number of furan rings is 1. The number of hydrogen-bond acceptors (Lipinski definition) is 2. The number of hydrogen-bond donors (Lipinski definition) is 0. The lowest BCUT2D eigenvalue weighted by molar-refractivity contribution is 0.670. The largest absolute Gasteiger partial charge is 0.455 e. The second-order valence-corrected chi connectivity index (χ2v) is 11.8. The lowest BCUT2D eigenvalue weighted by Gasteiger charge is -2.35. The summed E-state index contributed by atoms with van der Waals surface area (Å²) >= 11 is 0. The molecule has 0 spiro atoms. The van der Waals surface area contributed by atoms with Gasteiger partial charge in [0.1, 0.15) is 11.2 Å². The summed E-state index contributed by atoms with van der Waals surface area (Å²) in [6.07, 6.45) is 0. The van der Waals surface area contributed by atoms with E-state index < -0.39 is 0 Å². The molecular formula is C44H29NO. The highest BCUT2D eigenvalue weighted by molar-refractivity contribution is 6.09. The van der Waals surface area contributed by atoms with Crippen LogP contribution < -0.4 is 4.90 Å². The van der Waals surface area contributed by atoms with E-state index in [2.05, 4.69) is 163 Å². The number of para-hydroxylation sites is 2. The lowest BCUT2D eigenvalue weighted by Crippen LogP contribution is -2.18. The average molecular weight is 588 g/mol. The van der Waals surface area contributed by atoms with Crippen LogP contribution in [0.3, 0.4) is 0 Å². The summed E-state index contributed by atoms with van der Waals surface area (Å²) in [4.78, 5) is 2.37. The molecule has 0 unspecified atom stereocenters. The quantitative estimate of drug-likeness (QED) is 0.204. The Morgan fingerprint density at radius 1 is 0.413 bits per heavy atom. The fourth-order valence-corrected chi connectivity index (χ4v) is 6.88. The van der Waals surface area contributed by atoms with Gasteiger partial charge >= 0.3 is 0 Å². The van der Waals surface area contributed by atoms with Gasteiger partial charge in [0.05, 0.1) is 11.4 Å². The Hall–Kier alpha value is -6.12. The molecule has 2 heterocycles. The van der Waals surface area contributed by atoms with Gasteiger partial charge in [0.2, 0.25) is 0 Å². The molecule has 0 saturated carbocycles. The van der Waals surface area contributed by atoms with Crippen molar-refractivity contribution in [2.45, 2.75) is 0 Å². The van der Waals surface area contributed by atoms with E-state index in [1.807, 2.05) is 12.1 Å². The van der Waals surface area contributed by atoms with Crippen LogP contribution in [0.5, 0.6) is 0 Å². The molecule has 0 bridgehead atoms. The number of fused-ring (bicyclic) bond motifs is 5. The first-order chi connectivity index (χ1) is 22.7. The van der Waals surface area contributed by atoms with Gasteiger partial charge < -0.3 is 9.32 Å². The minimum Gasteiger partial charge on any atom is -0.455 e. The summed E-state index contributed by atoms with van der Waals surface area (Å²) in [6.45, 7) is 4.66. The topological polar surface area (TPSA) is 16.4 Å². The van der Waals surface area contributed by atoms with Gasteiger partial charge in [-0.05, 0) is 75.9 Å². The van der Waals surface area contributed by atoms with E-state index in [0.29, 0.717) is 0 Å². The molecule has 2 heteroatoms. The van der Waals surface area contributed by atoms with Crippen LogP contribution in [0.1, 0.15) is 11.1 Å².